The largest absolute Gasteiger partial charge is 0.363 e. The zero-order valence-corrected chi connectivity index (χ0v) is 12.9. The third-order valence-corrected chi connectivity index (χ3v) is 3.25. The van der Waals surface area contributed by atoms with Crippen LogP contribution >= 0.6 is 0 Å². The molecule has 1 heterocycles. The molecular weight excluding hydrogens is 270 g/mol. The summed E-state index contributed by atoms with van der Waals surface area (Å²) in [5, 5.41) is 6.26. The molecule has 2 amide bonds. The molecule has 1 fully saturated rings. The first-order chi connectivity index (χ1) is 9.83. The van der Waals surface area contributed by atoms with Crippen molar-refractivity contribution in [2.45, 2.75) is 40.0 Å². The highest BCUT2D eigenvalue weighted by Gasteiger charge is 2.29. The summed E-state index contributed by atoms with van der Waals surface area (Å²) in [6.45, 7) is 6.81. The lowest BCUT2D eigenvalue weighted by molar-refractivity contribution is -0.136. The van der Waals surface area contributed by atoms with E-state index in [1.54, 1.807) is 11.0 Å². The van der Waals surface area contributed by atoms with E-state index in [9.17, 15) is 9.59 Å². The van der Waals surface area contributed by atoms with Gasteiger partial charge in [-0.3, -0.25) is 9.59 Å². The summed E-state index contributed by atoms with van der Waals surface area (Å²) >= 11 is 0. The number of anilines is 1. The van der Waals surface area contributed by atoms with Gasteiger partial charge in [0.15, 0.2) is 5.82 Å². The van der Waals surface area contributed by atoms with Crippen LogP contribution in [0.4, 0.5) is 5.82 Å². The molecule has 116 valence electrons. The highest BCUT2D eigenvalue weighted by atomic mass is 16.5. The third kappa shape index (κ3) is 5.57. The van der Waals surface area contributed by atoms with Gasteiger partial charge >= 0.3 is 0 Å². The second kappa shape index (κ2) is 6.28. The first kappa shape index (κ1) is 15.5. The molecule has 1 aromatic rings. The number of amides is 2. The van der Waals surface area contributed by atoms with E-state index in [1.807, 2.05) is 20.8 Å². The van der Waals surface area contributed by atoms with Crippen molar-refractivity contribution in [2.24, 2.45) is 11.3 Å². The predicted octanol–water partition coefficient (Wildman–Crippen LogP) is 2.29. The minimum Gasteiger partial charge on any atom is -0.363 e. The van der Waals surface area contributed by atoms with Crippen LogP contribution in [-0.2, 0) is 9.59 Å². The minimum absolute atomic E-state index is 0.0321. The number of nitrogens with one attached hydrogen (secondary N) is 1. The van der Waals surface area contributed by atoms with Crippen LogP contribution in [0.15, 0.2) is 16.9 Å². The fraction of sp³-hybridized carbons (Fsp3) is 0.667. The van der Waals surface area contributed by atoms with Gasteiger partial charge in [0.2, 0.25) is 11.8 Å². The highest BCUT2D eigenvalue weighted by molar-refractivity contribution is 5.93. The first-order valence-electron chi connectivity index (χ1n) is 7.31. The molecule has 0 atom stereocenters. The van der Waals surface area contributed by atoms with E-state index >= 15 is 0 Å². The number of carbonyl (C=O) groups is 2. The Kier molecular flexibility index (Phi) is 4.65. The monoisotopic (exact) mass is 293 g/mol. The topological polar surface area (TPSA) is 75.4 Å². The van der Waals surface area contributed by atoms with Crippen molar-refractivity contribution >= 4 is 17.6 Å². The molecule has 0 radical (unpaired) electrons. The Morgan fingerprint density at radius 2 is 2.14 bits per heavy atom. The van der Waals surface area contributed by atoms with Gasteiger partial charge in [0.25, 0.3) is 0 Å². The van der Waals surface area contributed by atoms with Crippen molar-refractivity contribution < 1.29 is 14.1 Å². The highest BCUT2D eigenvalue weighted by Crippen LogP contribution is 2.30. The second-order valence-corrected chi connectivity index (χ2v) is 6.89. The standard InChI is InChI=1S/C15H23N3O3/c1-15(2,3)8-14(20)18(9-11-4-5-11)10-13(19)16-12-6-7-21-17-12/h6-7,11H,4-5,8-10H2,1-3H3,(H,16,17,19). The molecule has 1 saturated carbocycles. The van der Waals surface area contributed by atoms with Gasteiger partial charge in [0.1, 0.15) is 6.26 Å². The average Bonchev–Trinajstić information content (AvgIpc) is 3.02. The molecule has 0 aromatic carbocycles. The van der Waals surface area contributed by atoms with Gasteiger partial charge in [-0.05, 0) is 24.2 Å². The molecular formula is C15H23N3O3. The molecule has 1 aromatic heterocycles. The summed E-state index contributed by atoms with van der Waals surface area (Å²) in [7, 11) is 0. The molecule has 1 aliphatic rings. The number of hydrogen-bond donors (Lipinski definition) is 1. The third-order valence-electron chi connectivity index (χ3n) is 3.25. The molecule has 0 unspecified atom stereocenters. The Hall–Kier alpha value is -1.85. The van der Waals surface area contributed by atoms with Crippen LogP contribution in [0.2, 0.25) is 0 Å². The zero-order chi connectivity index (χ0) is 15.5. The predicted molar refractivity (Wildman–Crippen MR) is 78.5 cm³/mol. The quantitative estimate of drug-likeness (QED) is 0.873. The molecule has 6 heteroatoms. The van der Waals surface area contributed by atoms with Gasteiger partial charge in [-0.25, -0.2) is 0 Å². The molecule has 1 aliphatic carbocycles. The van der Waals surface area contributed by atoms with E-state index in [4.69, 9.17) is 0 Å². The van der Waals surface area contributed by atoms with Crippen LogP contribution in [0, 0.1) is 11.3 Å². The van der Waals surface area contributed by atoms with Gasteiger partial charge in [-0.15, -0.1) is 0 Å². The zero-order valence-electron chi connectivity index (χ0n) is 12.9. The van der Waals surface area contributed by atoms with E-state index in [-0.39, 0.29) is 23.8 Å². The molecule has 2 rings (SSSR count). The van der Waals surface area contributed by atoms with Crippen molar-refractivity contribution in [3.8, 4) is 0 Å². The maximum absolute atomic E-state index is 12.4. The molecule has 21 heavy (non-hydrogen) atoms. The number of hydrogen-bond acceptors (Lipinski definition) is 4. The fourth-order valence-corrected chi connectivity index (χ4v) is 2.06. The van der Waals surface area contributed by atoms with E-state index < -0.39 is 0 Å². The molecule has 1 N–H and O–H groups in total. The van der Waals surface area contributed by atoms with E-state index in [2.05, 4.69) is 15.0 Å². The Bertz CT molecular complexity index is 487. The summed E-state index contributed by atoms with van der Waals surface area (Å²) in [5.41, 5.74) is -0.0819. The first-order valence-corrected chi connectivity index (χ1v) is 7.31. The summed E-state index contributed by atoms with van der Waals surface area (Å²) in [5.74, 6) is 0.708. The Balaban J connectivity index is 1.91. The smallest absolute Gasteiger partial charge is 0.245 e. The molecule has 6 nitrogen and oxygen atoms in total. The molecule has 0 bridgehead atoms. The van der Waals surface area contributed by atoms with Crippen LogP contribution in [0.1, 0.15) is 40.0 Å². The summed E-state index contributed by atoms with van der Waals surface area (Å²) in [6.07, 6.45) is 4.12. The van der Waals surface area contributed by atoms with Crippen LogP contribution in [0.3, 0.4) is 0 Å². The normalized spacial score (nSPS) is 14.8. The van der Waals surface area contributed by atoms with Crippen molar-refractivity contribution in [3.63, 3.8) is 0 Å². The minimum atomic E-state index is -0.244. The molecule has 0 saturated heterocycles. The van der Waals surface area contributed by atoms with E-state index in [0.717, 1.165) is 12.8 Å². The molecule has 0 spiro atoms. The lowest BCUT2D eigenvalue weighted by Crippen LogP contribution is -2.40. The second-order valence-electron chi connectivity index (χ2n) is 6.89. The van der Waals surface area contributed by atoms with Crippen molar-refractivity contribution in [1.82, 2.24) is 10.1 Å². The van der Waals surface area contributed by atoms with Gasteiger partial charge in [0, 0.05) is 19.0 Å². The number of carbonyl (C=O) groups excluding carboxylic acids is 2. The van der Waals surface area contributed by atoms with Gasteiger partial charge in [0.05, 0.1) is 6.54 Å². The van der Waals surface area contributed by atoms with Gasteiger partial charge in [-0.2, -0.15) is 0 Å². The Morgan fingerprint density at radius 1 is 1.43 bits per heavy atom. The van der Waals surface area contributed by atoms with Crippen LogP contribution in [0.5, 0.6) is 0 Å². The maximum atomic E-state index is 12.4. The van der Waals surface area contributed by atoms with E-state index in [0.29, 0.717) is 24.7 Å². The summed E-state index contributed by atoms with van der Waals surface area (Å²) in [4.78, 5) is 26.0. The van der Waals surface area contributed by atoms with Crippen LogP contribution in [-0.4, -0.2) is 35.0 Å². The van der Waals surface area contributed by atoms with Crippen LogP contribution in [0.25, 0.3) is 0 Å². The van der Waals surface area contributed by atoms with Crippen molar-refractivity contribution in [3.05, 3.63) is 12.3 Å². The Morgan fingerprint density at radius 3 is 2.67 bits per heavy atom. The summed E-state index contributed by atoms with van der Waals surface area (Å²) in [6, 6.07) is 1.57. The maximum Gasteiger partial charge on any atom is 0.245 e. The lowest BCUT2D eigenvalue weighted by atomic mass is 9.91. The van der Waals surface area contributed by atoms with Gasteiger partial charge < -0.3 is 14.7 Å². The fourth-order valence-electron chi connectivity index (χ4n) is 2.06. The SMILES string of the molecule is CC(C)(C)CC(=O)N(CC(=O)Nc1ccon1)CC1CC1. The lowest BCUT2D eigenvalue weighted by Gasteiger charge is -2.26. The van der Waals surface area contributed by atoms with Crippen molar-refractivity contribution in [2.75, 3.05) is 18.4 Å². The number of rotatable bonds is 6. The van der Waals surface area contributed by atoms with E-state index in [1.165, 1.54) is 6.26 Å². The van der Waals surface area contributed by atoms with Crippen LogP contribution < -0.4 is 5.32 Å². The Labute approximate surface area is 124 Å². The summed E-state index contributed by atoms with van der Waals surface area (Å²) < 4.78 is 4.66. The molecule has 0 aliphatic heterocycles. The number of nitrogens with zero attached hydrogens (tertiary/aromatic N) is 2. The average molecular weight is 293 g/mol. The van der Waals surface area contributed by atoms with Gasteiger partial charge in [-0.1, -0.05) is 25.9 Å². The number of aromatic nitrogens is 1. The van der Waals surface area contributed by atoms with Crippen molar-refractivity contribution in [1.29, 1.82) is 0 Å².